The Hall–Kier alpha value is -1.47. The number of aliphatic hydroxyl groups is 1. The van der Waals surface area contributed by atoms with Gasteiger partial charge in [0.05, 0.1) is 23.7 Å². The summed E-state index contributed by atoms with van der Waals surface area (Å²) in [6.45, 7) is 4.25. The molecule has 0 spiro atoms. The van der Waals surface area contributed by atoms with Crippen LogP contribution in [0.3, 0.4) is 0 Å². The van der Waals surface area contributed by atoms with E-state index < -0.39 is 73.7 Å². The second-order valence-electron chi connectivity index (χ2n) is 12.4. The van der Waals surface area contributed by atoms with E-state index in [1.807, 2.05) is 0 Å². The summed E-state index contributed by atoms with van der Waals surface area (Å²) in [6, 6.07) is 9.65. The molecule has 0 bridgehead atoms. The Bertz CT molecular complexity index is 1640. The van der Waals surface area contributed by atoms with Crippen LogP contribution in [0.15, 0.2) is 60.7 Å². The number of alkyl halides is 12. The van der Waals surface area contributed by atoms with Gasteiger partial charge in [0.2, 0.25) is 7.59 Å². The number of methoxy groups -OCH3 is 1. The molecule has 1 unspecified atom stereocenters. The first-order valence-corrected chi connectivity index (χ1v) is 20.8. The second kappa shape index (κ2) is 21.9. The number of carbonyl (C=O) groups excluding carboxylic acids is 3. The highest BCUT2D eigenvalue weighted by Crippen LogP contribution is 2.44. The van der Waals surface area contributed by atoms with Crippen molar-refractivity contribution in [3.63, 3.8) is 0 Å². The summed E-state index contributed by atoms with van der Waals surface area (Å²) in [5.41, 5.74) is -1.78. The smallest absolute Gasteiger partial charge is 0.416 e. The van der Waals surface area contributed by atoms with Gasteiger partial charge in [-0.3, -0.25) is 9.59 Å². The molecule has 0 aromatic heterocycles. The van der Waals surface area contributed by atoms with E-state index in [4.69, 9.17) is 88.9 Å². The number of halogens is 12. The van der Waals surface area contributed by atoms with Crippen LogP contribution >= 0.6 is 93.1 Å². The summed E-state index contributed by atoms with van der Waals surface area (Å²) < 4.78 is 92.0. The van der Waals surface area contributed by atoms with Crippen LogP contribution < -0.4 is 0 Å². The van der Waals surface area contributed by atoms with Crippen molar-refractivity contribution in [2.24, 2.45) is 0 Å². The van der Waals surface area contributed by atoms with Gasteiger partial charge >= 0.3 is 30.3 Å². The zero-order valence-electron chi connectivity index (χ0n) is 29.9. The van der Waals surface area contributed by atoms with E-state index in [1.54, 1.807) is 25.8 Å². The monoisotopic (exact) mass is 972 g/mol. The van der Waals surface area contributed by atoms with E-state index in [9.17, 15) is 40.7 Å². The predicted octanol–water partition coefficient (Wildman–Crippen LogP) is 10.4. The molecule has 2 aromatic carbocycles. The van der Waals surface area contributed by atoms with Crippen LogP contribution in [0.1, 0.15) is 48.4 Å². The van der Waals surface area contributed by atoms with Gasteiger partial charge in [-0.05, 0) is 48.7 Å². The van der Waals surface area contributed by atoms with Crippen molar-refractivity contribution in [2.75, 3.05) is 43.3 Å². The van der Waals surface area contributed by atoms with Crippen molar-refractivity contribution in [2.45, 2.75) is 63.4 Å². The van der Waals surface area contributed by atoms with E-state index in [2.05, 4.69) is 11.3 Å². The van der Waals surface area contributed by atoms with Crippen LogP contribution in [-0.2, 0) is 56.9 Å². The van der Waals surface area contributed by atoms with Crippen molar-refractivity contribution in [1.29, 1.82) is 0 Å². The summed E-state index contributed by atoms with van der Waals surface area (Å²) in [7, 11) is 1.59. The third kappa shape index (κ3) is 18.0. The second-order valence-corrected chi connectivity index (χ2v) is 19.4. The zero-order chi connectivity index (χ0) is 43.5. The molecule has 8 nitrogen and oxygen atoms in total. The van der Waals surface area contributed by atoms with Crippen LogP contribution in [-0.4, -0.2) is 80.0 Å². The molecule has 2 aliphatic rings. The summed E-state index contributed by atoms with van der Waals surface area (Å²) in [5, 5.41) is 8.84. The average Bonchev–Trinajstić information content (AvgIpc) is 3.06. The van der Waals surface area contributed by atoms with Gasteiger partial charge in [-0.25, -0.2) is 4.79 Å². The summed E-state index contributed by atoms with van der Waals surface area (Å²) >= 11 is 35.6. The molecule has 4 rings (SSSR count). The van der Waals surface area contributed by atoms with Gasteiger partial charge in [-0.2, -0.15) is 49.9 Å². The molecule has 0 amide bonds. The first kappa shape index (κ1) is 51.7. The number of rotatable bonds is 12. The maximum atomic E-state index is 12.7. The first-order valence-electron chi connectivity index (χ1n) is 16.2. The molecule has 2 aromatic rings. The average molecular weight is 976 g/mol. The molecule has 320 valence electrons. The number of benzene rings is 2. The molecular weight excluding hydrogens is 939 g/mol. The van der Waals surface area contributed by atoms with Gasteiger partial charge in [0, 0.05) is 42.1 Å². The van der Waals surface area contributed by atoms with Crippen molar-refractivity contribution >= 4 is 111 Å². The Morgan fingerprint density at radius 2 is 1.14 bits per heavy atom. The van der Waals surface area contributed by atoms with Gasteiger partial charge in [0.25, 0.3) is 0 Å². The summed E-state index contributed by atoms with van der Waals surface area (Å²) in [5.74, 6) is 0.199. The largest absolute Gasteiger partial charge is 0.461 e. The highest BCUT2D eigenvalue weighted by molar-refractivity contribution is 8.01. The number of hydrogen-bond donors (Lipinski definition) is 1. The number of carbonyl (C=O) groups is 3. The number of ether oxygens (including phenoxy) is 4. The van der Waals surface area contributed by atoms with Crippen molar-refractivity contribution in [3.8, 4) is 0 Å². The minimum atomic E-state index is -4.46. The SMILES string of the molecule is C=C(CC(=O)OC1(c2ccc(C(F)(F)F)cc2)CSC1)C(=O)OCC(Cl)(Cl)Cl.CC(O)CCC(=O)OCC(Cl)(Cl)Cl.COC1(c2ccc(C(F)(F)F)cc2)CSC1. The maximum Gasteiger partial charge on any atom is 0.416 e. The standard InChI is InChI=1S/C17H14Cl3F3O4S.C11H11F3OS.C7H11Cl3O3/c1-10(14(25)26-7-16(18,19)20)6-13(24)27-15(8-28-9-15)11-2-4-12(5-3-11)17(21,22)23;1-15-10(6-16-7-10)8-2-4-9(5-3-8)11(12,13)14;1-5(11)2-3-6(12)13-4-7(8,9)10/h2-5H,1,6-9H2;2-5H,6-7H2,1H3;5,11H,2-4H2,1H3. The van der Waals surface area contributed by atoms with Gasteiger partial charge in [-0.15, -0.1) is 0 Å². The lowest BCUT2D eigenvalue weighted by molar-refractivity contribution is -0.158. The molecule has 0 saturated carbocycles. The van der Waals surface area contributed by atoms with Crippen LogP contribution in [0.2, 0.25) is 0 Å². The Kier molecular flexibility index (Phi) is 19.8. The summed E-state index contributed by atoms with van der Waals surface area (Å²) in [6.07, 6.45) is -9.25. The maximum absolute atomic E-state index is 12.7. The third-order valence-electron chi connectivity index (χ3n) is 7.69. The predicted molar refractivity (Wildman–Crippen MR) is 211 cm³/mol. The fourth-order valence-electron chi connectivity index (χ4n) is 4.50. The molecule has 0 radical (unpaired) electrons. The van der Waals surface area contributed by atoms with Gasteiger partial charge in [0.1, 0.15) is 18.8 Å². The van der Waals surface area contributed by atoms with Crippen molar-refractivity contribution < 1.29 is 64.8 Å². The van der Waals surface area contributed by atoms with Crippen LogP contribution in [0.4, 0.5) is 26.3 Å². The van der Waals surface area contributed by atoms with Crippen LogP contribution in [0, 0.1) is 0 Å². The van der Waals surface area contributed by atoms with E-state index in [0.717, 1.165) is 41.3 Å². The molecule has 57 heavy (non-hydrogen) atoms. The minimum Gasteiger partial charge on any atom is -0.461 e. The molecule has 2 aliphatic heterocycles. The molecule has 1 N–H and O–H groups in total. The Balaban J connectivity index is 0.000000326. The van der Waals surface area contributed by atoms with Crippen LogP contribution in [0.25, 0.3) is 0 Å². The number of thioether (sulfide) groups is 2. The van der Waals surface area contributed by atoms with Gasteiger partial charge < -0.3 is 24.1 Å². The normalized spacial score (nSPS) is 16.5. The quantitative estimate of drug-likeness (QED) is 0.0726. The first-order chi connectivity index (χ1) is 26.1. The summed E-state index contributed by atoms with van der Waals surface area (Å²) in [4.78, 5) is 34.9. The highest BCUT2D eigenvalue weighted by atomic mass is 35.6. The Morgan fingerprint density at radius 1 is 0.737 bits per heavy atom. The lowest BCUT2D eigenvalue weighted by atomic mass is 9.95. The lowest BCUT2D eigenvalue weighted by Gasteiger charge is -2.40. The van der Waals surface area contributed by atoms with E-state index in [1.165, 1.54) is 36.0 Å². The number of esters is 3. The van der Waals surface area contributed by atoms with Crippen molar-refractivity contribution in [1.82, 2.24) is 0 Å². The third-order valence-corrected chi connectivity index (χ3v) is 11.0. The number of aliphatic hydroxyl groups excluding tert-OH is 1. The molecule has 1 atom stereocenters. The van der Waals surface area contributed by atoms with E-state index in [0.29, 0.717) is 23.5 Å². The fourth-order valence-corrected chi connectivity index (χ4v) is 7.00. The molecule has 2 heterocycles. The molecule has 2 saturated heterocycles. The molecular formula is C35H36Cl6F6O8S2. The Morgan fingerprint density at radius 3 is 1.47 bits per heavy atom. The van der Waals surface area contributed by atoms with Gasteiger partial charge in [0.15, 0.2) is 5.60 Å². The van der Waals surface area contributed by atoms with E-state index in [-0.39, 0.29) is 24.2 Å². The zero-order valence-corrected chi connectivity index (χ0v) is 36.1. The lowest BCUT2D eigenvalue weighted by Crippen LogP contribution is -2.44. The molecule has 2 fully saturated rings. The highest BCUT2D eigenvalue weighted by Gasteiger charge is 2.44. The Labute approximate surface area is 363 Å². The van der Waals surface area contributed by atoms with E-state index >= 15 is 0 Å². The van der Waals surface area contributed by atoms with Crippen molar-refractivity contribution in [3.05, 3.63) is 82.9 Å². The van der Waals surface area contributed by atoms with Gasteiger partial charge in [-0.1, -0.05) is 100 Å². The fraction of sp³-hybridized carbons (Fsp3) is 0.514. The molecule has 0 aliphatic carbocycles. The number of hydrogen-bond acceptors (Lipinski definition) is 10. The van der Waals surface area contributed by atoms with Crippen LogP contribution in [0.5, 0.6) is 0 Å². The topological polar surface area (TPSA) is 108 Å². The molecule has 22 heteroatoms. The minimum absolute atomic E-state index is 0.123.